The summed E-state index contributed by atoms with van der Waals surface area (Å²) < 4.78 is 0. The highest BCUT2D eigenvalue weighted by Gasteiger charge is 2.38. The molecule has 4 nitrogen and oxygen atoms in total. The van der Waals surface area contributed by atoms with E-state index in [0.29, 0.717) is 6.42 Å². The van der Waals surface area contributed by atoms with E-state index in [2.05, 4.69) is 0 Å². The molecule has 0 saturated heterocycles. The molecule has 1 aromatic rings. The van der Waals surface area contributed by atoms with E-state index in [1.54, 1.807) is 11.9 Å². The molecule has 0 aromatic heterocycles. The molecule has 1 atom stereocenters. The number of rotatable bonds is 0. The van der Waals surface area contributed by atoms with Gasteiger partial charge in [-0.2, -0.15) is 0 Å². The van der Waals surface area contributed by atoms with E-state index in [4.69, 9.17) is 0 Å². The molecular weight excluding hydrogens is 216 g/mol. The first-order valence-corrected chi connectivity index (χ1v) is 5.64. The summed E-state index contributed by atoms with van der Waals surface area (Å²) in [5.74, 6) is 0.0299. The van der Waals surface area contributed by atoms with Crippen molar-refractivity contribution in [2.45, 2.75) is 19.4 Å². The minimum atomic E-state index is -0.226. The number of hydrogen-bond acceptors (Lipinski definition) is 3. The van der Waals surface area contributed by atoms with Gasteiger partial charge in [-0.1, -0.05) is 11.6 Å². The quantitative estimate of drug-likeness (QED) is 0.738. The number of fused-ring (bicyclic) bond motifs is 3. The van der Waals surface area contributed by atoms with Gasteiger partial charge in [0.15, 0.2) is 0 Å². The Labute approximate surface area is 99.7 Å². The van der Waals surface area contributed by atoms with E-state index < -0.39 is 0 Å². The van der Waals surface area contributed by atoms with Crippen LogP contribution in [-0.4, -0.2) is 29.1 Å². The average Bonchev–Trinajstić information content (AvgIpc) is 2.54. The molecule has 1 N–H and O–H groups in total. The first-order chi connectivity index (χ1) is 8.08. The molecule has 0 aliphatic carbocycles. The second kappa shape index (κ2) is 3.34. The molecule has 4 heteroatoms. The number of amides is 1. The van der Waals surface area contributed by atoms with E-state index in [1.807, 2.05) is 31.3 Å². The fourth-order valence-electron chi connectivity index (χ4n) is 2.50. The van der Waals surface area contributed by atoms with Crippen LogP contribution in [0, 0.1) is 6.92 Å². The van der Waals surface area contributed by atoms with Crippen LogP contribution >= 0.6 is 0 Å². The number of aryl methyl sites for hydroxylation is 1. The Balaban J connectivity index is 2.17. The van der Waals surface area contributed by atoms with Crippen LogP contribution in [-0.2, 0) is 4.79 Å². The number of hydroxylamine groups is 1. The third-order valence-electron chi connectivity index (χ3n) is 3.46. The van der Waals surface area contributed by atoms with Crippen molar-refractivity contribution in [2.75, 3.05) is 12.1 Å². The number of hydrogen-bond donors (Lipinski definition) is 1. The number of nitrogens with zero attached hydrogens (tertiary/aromatic N) is 2. The van der Waals surface area contributed by atoms with Crippen molar-refractivity contribution >= 4 is 17.2 Å². The highest BCUT2D eigenvalue weighted by Crippen LogP contribution is 2.42. The van der Waals surface area contributed by atoms with Gasteiger partial charge in [-0.3, -0.25) is 10.0 Å². The van der Waals surface area contributed by atoms with Gasteiger partial charge in [-0.15, -0.1) is 0 Å². The molecule has 88 valence electrons. The van der Waals surface area contributed by atoms with Crippen LogP contribution in [0.2, 0.25) is 0 Å². The van der Waals surface area contributed by atoms with Crippen molar-refractivity contribution in [2.24, 2.45) is 0 Å². The van der Waals surface area contributed by atoms with Gasteiger partial charge in [0.25, 0.3) is 0 Å². The van der Waals surface area contributed by atoms with Crippen LogP contribution in [0.25, 0.3) is 5.57 Å². The van der Waals surface area contributed by atoms with Gasteiger partial charge in [-0.05, 0) is 19.1 Å². The lowest BCUT2D eigenvalue weighted by Crippen LogP contribution is -2.38. The monoisotopic (exact) mass is 230 g/mol. The topological polar surface area (TPSA) is 43.8 Å². The zero-order valence-corrected chi connectivity index (χ0v) is 9.84. The largest absolute Gasteiger partial charge is 0.322 e. The molecule has 1 amide bonds. The van der Waals surface area contributed by atoms with E-state index in [0.717, 1.165) is 22.4 Å². The van der Waals surface area contributed by atoms with E-state index in [-0.39, 0.29) is 11.9 Å². The Kier molecular flexibility index (Phi) is 2.03. The molecule has 3 rings (SSSR count). The average molecular weight is 230 g/mol. The van der Waals surface area contributed by atoms with Gasteiger partial charge in [0.1, 0.15) is 0 Å². The van der Waals surface area contributed by atoms with Crippen molar-refractivity contribution < 1.29 is 10.0 Å². The lowest BCUT2D eigenvalue weighted by atomic mass is 9.97. The summed E-state index contributed by atoms with van der Waals surface area (Å²) >= 11 is 0. The summed E-state index contributed by atoms with van der Waals surface area (Å²) in [7, 11) is 1.75. The maximum absolute atomic E-state index is 11.6. The van der Waals surface area contributed by atoms with E-state index in [9.17, 15) is 10.0 Å². The third kappa shape index (κ3) is 1.37. The van der Waals surface area contributed by atoms with Crippen LogP contribution in [0.15, 0.2) is 24.4 Å². The van der Waals surface area contributed by atoms with Crippen LogP contribution in [0.3, 0.4) is 0 Å². The lowest BCUT2D eigenvalue weighted by Gasteiger charge is -2.27. The molecular formula is C13H14N2O2. The first kappa shape index (κ1) is 10.4. The summed E-state index contributed by atoms with van der Waals surface area (Å²) in [6.45, 7) is 2.02. The van der Waals surface area contributed by atoms with E-state index >= 15 is 0 Å². The van der Waals surface area contributed by atoms with Crippen molar-refractivity contribution in [1.29, 1.82) is 0 Å². The summed E-state index contributed by atoms with van der Waals surface area (Å²) in [5, 5.41) is 11.3. The molecule has 17 heavy (non-hydrogen) atoms. The second-order valence-electron chi connectivity index (χ2n) is 4.67. The molecule has 2 aliphatic rings. The van der Waals surface area contributed by atoms with Crippen molar-refractivity contribution in [3.8, 4) is 0 Å². The fourth-order valence-corrected chi connectivity index (χ4v) is 2.50. The van der Waals surface area contributed by atoms with E-state index in [1.165, 1.54) is 5.06 Å². The van der Waals surface area contributed by atoms with Crippen molar-refractivity contribution in [3.05, 3.63) is 35.5 Å². The summed E-state index contributed by atoms with van der Waals surface area (Å²) in [5.41, 5.74) is 3.98. The van der Waals surface area contributed by atoms with Crippen LogP contribution < -0.4 is 5.06 Å². The van der Waals surface area contributed by atoms with Crippen LogP contribution in [0.1, 0.15) is 17.5 Å². The van der Waals surface area contributed by atoms with Crippen LogP contribution in [0.5, 0.6) is 0 Å². The van der Waals surface area contributed by atoms with Gasteiger partial charge in [0, 0.05) is 24.4 Å². The molecule has 0 saturated carbocycles. The second-order valence-corrected chi connectivity index (χ2v) is 4.67. The number of carbonyl (C=O) groups excluding carboxylic acids is 1. The molecule has 0 radical (unpaired) electrons. The number of benzene rings is 1. The standard InChI is InChI=1S/C13H14N2O2/c1-8-3-4-11-9(5-8)10-7-14(2)13(16)6-12(10)15(11)17/h3-5,7,12,17H,6H2,1-2H3. The maximum Gasteiger partial charge on any atom is 0.228 e. The Bertz CT molecular complexity index is 536. The predicted molar refractivity (Wildman–Crippen MR) is 64.6 cm³/mol. The molecule has 1 unspecified atom stereocenters. The Morgan fingerprint density at radius 3 is 2.94 bits per heavy atom. The number of carbonyl (C=O) groups is 1. The minimum absolute atomic E-state index is 0.0299. The molecule has 0 fully saturated rings. The predicted octanol–water partition coefficient (Wildman–Crippen LogP) is 1.78. The molecule has 2 aliphatic heterocycles. The minimum Gasteiger partial charge on any atom is -0.322 e. The SMILES string of the molecule is Cc1ccc2c(c1)C1=CN(C)C(=O)CC1N2O. The zero-order valence-electron chi connectivity index (χ0n) is 9.84. The third-order valence-corrected chi connectivity index (χ3v) is 3.46. The summed E-state index contributed by atoms with van der Waals surface area (Å²) in [4.78, 5) is 13.2. The van der Waals surface area contributed by atoms with Crippen LogP contribution in [0.4, 0.5) is 5.69 Å². The Morgan fingerprint density at radius 2 is 2.18 bits per heavy atom. The summed E-state index contributed by atoms with van der Waals surface area (Å²) in [6, 6.07) is 5.68. The lowest BCUT2D eigenvalue weighted by molar-refractivity contribution is -0.128. The fraction of sp³-hybridized carbons (Fsp3) is 0.308. The molecule has 0 spiro atoms. The van der Waals surface area contributed by atoms with Crippen molar-refractivity contribution in [1.82, 2.24) is 4.90 Å². The van der Waals surface area contributed by atoms with Crippen molar-refractivity contribution in [3.63, 3.8) is 0 Å². The first-order valence-electron chi connectivity index (χ1n) is 5.64. The highest BCUT2D eigenvalue weighted by atomic mass is 16.5. The smallest absolute Gasteiger partial charge is 0.228 e. The highest BCUT2D eigenvalue weighted by molar-refractivity contribution is 5.94. The zero-order chi connectivity index (χ0) is 12.2. The Morgan fingerprint density at radius 1 is 1.41 bits per heavy atom. The van der Waals surface area contributed by atoms with Gasteiger partial charge in [-0.25, -0.2) is 5.06 Å². The maximum atomic E-state index is 11.6. The molecule has 1 aromatic carbocycles. The van der Waals surface area contributed by atoms with Gasteiger partial charge < -0.3 is 4.90 Å². The summed E-state index contributed by atoms with van der Waals surface area (Å²) in [6.07, 6.45) is 2.15. The molecule has 2 heterocycles. The van der Waals surface area contributed by atoms with Gasteiger partial charge in [0.05, 0.1) is 18.2 Å². The molecule has 0 bridgehead atoms. The van der Waals surface area contributed by atoms with Gasteiger partial charge in [0.2, 0.25) is 5.91 Å². The normalized spacial score (nSPS) is 22.4. The van der Waals surface area contributed by atoms with Gasteiger partial charge >= 0.3 is 0 Å². The Hall–Kier alpha value is -1.81. The number of anilines is 1.